The summed E-state index contributed by atoms with van der Waals surface area (Å²) in [7, 11) is 0. The summed E-state index contributed by atoms with van der Waals surface area (Å²) in [6.07, 6.45) is 3.67. The van der Waals surface area contributed by atoms with Crippen LogP contribution in [0.2, 0.25) is 0 Å². The lowest BCUT2D eigenvalue weighted by atomic mass is 10.1. The van der Waals surface area contributed by atoms with Gasteiger partial charge in [-0.1, -0.05) is 50.2 Å². The highest BCUT2D eigenvalue weighted by atomic mass is 15.5. The Bertz CT molecular complexity index is 876. The Kier molecular flexibility index (Phi) is 3.88. The normalized spacial score (nSPS) is 16.4. The van der Waals surface area contributed by atoms with Crippen LogP contribution in [-0.2, 0) is 0 Å². The first-order valence-corrected chi connectivity index (χ1v) is 8.68. The van der Waals surface area contributed by atoms with E-state index in [4.69, 9.17) is 0 Å². The largest absolute Gasteiger partial charge is 0.302 e. The van der Waals surface area contributed by atoms with E-state index in [1.54, 1.807) is 12.4 Å². The number of para-hydroxylation sites is 2. The summed E-state index contributed by atoms with van der Waals surface area (Å²) in [6, 6.07) is 18.9. The summed E-state index contributed by atoms with van der Waals surface area (Å²) in [5.74, 6) is 2.21. The van der Waals surface area contributed by atoms with Gasteiger partial charge in [-0.15, -0.1) is 0 Å². The number of hydrogen-bond donors (Lipinski definition) is 0. The third-order valence-corrected chi connectivity index (χ3v) is 4.65. The van der Waals surface area contributed by atoms with Gasteiger partial charge >= 0.3 is 0 Å². The van der Waals surface area contributed by atoms with Crippen LogP contribution in [0.4, 0.5) is 23.0 Å². The smallest absolute Gasteiger partial charge is 0.178 e. The lowest BCUT2D eigenvalue weighted by molar-refractivity contribution is 0.504. The van der Waals surface area contributed by atoms with E-state index in [0.29, 0.717) is 5.92 Å². The molecule has 0 amide bonds. The molecule has 1 aromatic heterocycles. The van der Waals surface area contributed by atoms with Gasteiger partial charge in [0.25, 0.3) is 0 Å². The summed E-state index contributed by atoms with van der Waals surface area (Å²) in [6.45, 7) is 6.64. The number of anilines is 4. The van der Waals surface area contributed by atoms with Gasteiger partial charge < -0.3 is 9.80 Å². The molecule has 2 aromatic carbocycles. The molecule has 4 heteroatoms. The highest BCUT2D eigenvalue weighted by Gasteiger charge is 2.41. The number of aryl methyl sites for hydroxylation is 1. The maximum Gasteiger partial charge on any atom is 0.178 e. The molecule has 1 aliphatic rings. The van der Waals surface area contributed by atoms with E-state index in [9.17, 15) is 0 Å². The molecule has 0 saturated heterocycles. The van der Waals surface area contributed by atoms with Crippen molar-refractivity contribution in [3.8, 4) is 0 Å². The van der Waals surface area contributed by atoms with Crippen LogP contribution in [0.25, 0.3) is 0 Å². The molecule has 1 unspecified atom stereocenters. The predicted molar refractivity (Wildman–Crippen MR) is 103 cm³/mol. The third-order valence-electron chi connectivity index (χ3n) is 4.65. The van der Waals surface area contributed by atoms with Crippen molar-refractivity contribution < 1.29 is 0 Å². The number of hydrogen-bond acceptors (Lipinski definition) is 4. The molecule has 0 saturated carbocycles. The molecule has 0 radical (unpaired) electrons. The molecule has 0 N–H and O–H groups in total. The maximum atomic E-state index is 4.69. The van der Waals surface area contributed by atoms with Crippen LogP contribution in [0.15, 0.2) is 67.0 Å². The van der Waals surface area contributed by atoms with Crippen LogP contribution < -0.4 is 9.80 Å². The molecule has 4 nitrogen and oxygen atoms in total. The van der Waals surface area contributed by atoms with Crippen molar-refractivity contribution in [1.82, 2.24) is 9.97 Å². The number of benzene rings is 2. The van der Waals surface area contributed by atoms with Crippen molar-refractivity contribution in [3.63, 3.8) is 0 Å². The van der Waals surface area contributed by atoms with Crippen LogP contribution in [0.3, 0.4) is 0 Å². The van der Waals surface area contributed by atoms with Gasteiger partial charge in [-0.05, 0) is 36.6 Å². The number of fused-ring (bicyclic) bond motifs is 1. The van der Waals surface area contributed by atoms with Crippen LogP contribution in [0.5, 0.6) is 0 Å². The van der Waals surface area contributed by atoms with E-state index in [0.717, 1.165) is 17.3 Å². The van der Waals surface area contributed by atoms with Crippen molar-refractivity contribution in [2.24, 2.45) is 5.92 Å². The van der Waals surface area contributed by atoms with Gasteiger partial charge in [-0.2, -0.15) is 0 Å². The van der Waals surface area contributed by atoms with Crippen molar-refractivity contribution in [2.45, 2.75) is 26.9 Å². The molecule has 3 aromatic rings. The summed E-state index contributed by atoms with van der Waals surface area (Å²) >= 11 is 0. The zero-order valence-electron chi connectivity index (χ0n) is 14.8. The fourth-order valence-corrected chi connectivity index (χ4v) is 3.58. The Morgan fingerprint density at radius 1 is 0.800 bits per heavy atom. The number of rotatable bonds is 3. The van der Waals surface area contributed by atoms with Crippen molar-refractivity contribution >= 4 is 23.0 Å². The molecule has 2 heterocycles. The first-order valence-electron chi connectivity index (χ1n) is 8.68. The minimum absolute atomic E-state index is 0.126. The van der Waals surface area contributed by atoms with E-state index < -0.39 is 0 Å². The van der Waals surface area contributed by atoms with Crippen LogP contribution in [-0.4, -0.2) is 16.1 Å². The van der Waals surface area contributed by atoms with Gasteiger partial charge in [-0.25, -0.2) is 9.97 Å². The summed E-state index contributed by atoms with van der Waals surface area (Å²) in [5, 5.41) is 0. The zero-order chi connectivity index (χ0) is 17.4. The third kappa shape index (κ3) is 2.54. The highest BCUT2D eigenvalue weighted by Crippen LogP contribution is 2.47. The van der Waals surface area contributed by atoms with Crippen LogP contribution in [0.1, 0.15) is 19.4 Å². The van der Waals surface area contributed by atoms with Gasteiger partial charge in [0, 0.05) is 23.8 Å². The SMILES string of the molecule is Cc1ccccc1N1c2nccnc2N(c2ccccc2)C1C(C)C. The standard InChI is InChI=1S/C21H22N4/c1-15(2)21-24(17-10-5-4-6-11-17)19-20(23-14-13-22-19)25(21)18-12-8-7-9-16(18)3/h4-15,21H,1-3H3. The minimum atomic E-state index is 0.126. The minimum Gasteiger partial charge on any atom is -0.302 e. The second-order valence-corrected chi connectivity index (χ2v) is 6.72. The van der Waals surface area contributed by atoms with Gasteiger partial charge in [0.05, 0.1) is 0 Å². The van der Waals surface area contributed by atoms with E-state index in [1.807, 2.05) is 6.07 Å². The lowest BCUT2D eigenvalue weighted by Crippen LogP contribution is -2.42. The summed E-state index contributed by atoms with van der Waals surface area (Å²) in [5.41, 5.74) is 3.56. The van der Waals surface area contributed by atoms with Crippen molar-refractivity contribution in [3.05, 3.63) is 72.6 Å². The molecule has 1 atom stereocenters. The average molecular weight is 330 g/mol. The van der Waals surface area contributed by atoms with Crippen molar-refractivity contribution in [2.75, 3.05) is 9.80 Å². The molecule has 0 bridgehead atoms. The van der Waals surface area contributed by atoms with Crippen LogP contribution >= 0.6 is 0 Å². The van der Waals surface area contributed by atoms with Gasteiger partial charge in [-0.3, -0.25) is 0 Å². The zero-order valence-corrected chi connectivity index (χ0v) is 14.8. The Morgan fingerprint density at radius 2 is 1.40 bits per heavy atom. The first kappa shape index (κ1) is 15.6. The molecule has 1 aliphatic heterocycles. The summed E-state index contributed by atoms with van der Waals surface area (Å²) < 4.78 is 0. The fraction of sp³-hybridized carbons (Fsp3) is 0.238. The topological polar surface area (TPSA) is 32.3 Å². The molecular weight excluding hydrogens is 308 g/mol. The fourth-order valence-electron chi connectivity index (χ4n) is 3.58. The average Bonchev–Trinajstić information content (AvgIpc) is 2.98. The van der Waals surface area contributed by atoms with E-state index in [1.165, 1.54) is 11.3 Å². The second-order valence-electron chi connectivity index (χ2n) is 6.72. The lowest BCUT2D eigenvalue weighted by Gasteiger charge is -2.35. The molecule has 0 spiro atoms. The van der Waals surface area contributed by atoms with E-state index in [2.05, 4.69) is 89.1 Å². The molecule has 126 valence electrons. The quantitative estimate of drug-likeness (QED) is 0.672. The Morgan fingerprint density at radius 3 is 2.04 bits per heavy atom. The Hall–Kier alpha value is -2.88. The molecule has 0 fully saturated rings. The van der Waals surface area contributed by atoms with Gasteiger partial charge in [0.1, 0.15) is 6.17 Å². The first-order chi connectivity index (χ1) is 12.2. The molecule has 25 heavy (non-hydrogen) atoms. The maximum absolute atomic E-state index is 4.69. The summed E-state index contributed by atoms with van der Waals surface area (Å²) in [4.78, 5) is 14.0. The predicted octanol–water partition coefficient (Wildman–Crippen LogP) is 5.06. The Labute approximate surface area is 148 Å². The Balaban J connectivity index is 1.94. The molecule has 4 rings (SSSR count). The van der Waals surface area contributed by atoms with Crippen LogP contribution in [0, 0.1) is 12.8 Å². The molecule has 0 aliphatic carbocycles. The van der Waals surface area contributed by atoms with E-state index >= 15 is 0 Å². The highest BCUT2D eigenvalue weighted by molar-refractivity contribution is 5.84. The monoisotopic (exact) mass is 330 g/mol. The van der Waals surface area contributed by atoms with Gasteiger partial charge in [0.2, 0.25) is 0 Å². The van der Waals surface area contributed by atoms with Gasteiger partial charge in [0.15, 0.2) is 11.6 Å². The molecular formula is C21H22N4. The second kappa shape index (κ2) is 6.20. The van der Waals surface area contributed by atoms with Crippen molar-refractivity contribution in [1.29, 1.82) is 0 Å². The number of aromatic nitrogens is 2. The number of nitrogens with zero attached hydrogens (tertiary/aromatic N) is 4. The van der Waals surface area contributed by atoms with E-state index in [-0.39, 0.29) is 6.17 Å².